The van der Waals surface area contributed by atoms with Crippen molar-refractivity contribution in [2.45, 2.75) is 37.3 Å². The first-order chi connectivity index (χ1) is 17.2. The zero-order valence-corrected chi connectivity index (χ0v) is 19.9. The zero-order valence-electron chi connectivity index (χ0n) is 19.9. The summed E-state index contributed by atoms with van der Waals surface area (Å²) in [6, 6.07) is 25.0. The van der Waals surface area contributed by atoms with Gasteiger partial charge in [0, 0.05) is 11.8 Å². The maximum absolute atomic E-state index is 5.89. The first-order valence-corrected chi connectivity index (χ1v) is 12.3. The van der Waals surface area contributed by atoms with E-state index in [1.54, 1.807) is 0 Å². The minimum atomic E-state index is -0.387. The summed E-state index contributed by atoms with van der Waals surface area (Å²) in [4.78, 5) is 0. The van der Waals surface area contributed by atoms with Crippen LogP contribution in [0.2, 0.25) is 0 Å². The molecular formula is C29H30O6. The normalized spacial score (nSPS) is 24.1. The van der Waals surface area contributed by atoms with E-state index in [4.69, 9.17) is 28.4 Å². The Kier molecular flexibility index (Phi) is 6.10. The van der Waals surface area contributed by atoms with Crippen LogP contribution in [0.25, 0.3) is 0 Å². The molecular weight excluding hydrogens is 444 g/mol. The highest BCUT2D eigenvalue weighted by molar-refractivity contribution is 5.52. The molecule has 3 aliphatic heterocycles. The third-order valence-corrected chi connectivity index (χ3v) is 6.90. The maximum Gasteiger partial charge on any atom is 0.202 e. The topological polar surface area (TPSA) is 62.0 Å². The van der Waals surface area contributed by atoms with E-state index in [1.165, 1.54) is 16.7 Å². The van der Waals surface area contributed by atoms with Crippen LogP contribution in [0.4, 0.5) is 0 Å². The number of ether oxygens (including phenoxy) is 6. The number of epoxide rings is 2. The lowest BCUT2D eigenvalue weighted by Crippen LogP contribution is -2.32. The summed E-state index contributed by atoms with van der Waals surface area (Å²) in [7, 11) is 0. The SMILES string of the molecule is CC(c1ccc(OCC2CO2)cc1)(c1ccc(OCC2CO2)cc1)c1ccc(O[C@@H]2CCO2)cc1. The van der Waals surface area contributed by atoms with Gasteiger partial charge in [-0.3, -0.25) is 0 Å². The molecule has 0 aliphatic carbocycles. The fourth-order valence-electron chi connectivity index (χ4n) is 4.30. The zero-order chi connectivity index (χ0) is 23.7. The molecule has 0 aromatic heterocycles. The van der Waals surface area contributed by atoms with Gasteiger partial charge in [0.15, 0.2) is 0 Å². The van der Waals surface area contributed by atoms with Crippen molar-refractivity contribution in [3.63, 3.8) is 0 Å². The summed E-state index contributed by atoms with van der Waals surface area (Å²) < 4.78 is 33.5. The van der Waals surface area contributed by atoms with Crippen LogP contribution < -0.4 is 14.2 Å². The van der Waals surface area contributed by atoms with Gasteiger partial charge in [0.2, 0.25) is 6.29 Å². The van der Waals surface area contributed by atoms with Crippen molar-refractivity contribution in [2.75, 3.05) is 33.0 Å². The lowest BCUT2D eigenvalue weighted by Gasteiger charge is -2.32. The summed E-state index contributed by atoms with van der Waals surface area (Å²) in [5.41, 5.74) is 3.12. The van der Waals surface area contributed by atoms with Crippen molar-refractivity contribution in [2.24, 2.45) is 0 Å². The van der Waals surface area contributed by atoms with Gasteiger partial charge in [-0.05, 0) is 60.0 Å². The molecule has 35 heavy (non-hydrogen) atoms. The molecule has 3 atom stereocenters. The quantitative estimate of drug-likeness (QED) is 0.296. The predicted molar refractivity (Wildman–Crippen MR) is 130 cm³/mol. The van der Waals surface area contributed by atoms with Crippen LogP contribution in [0.15, 0.2) is 72.8 Å². The molecule has 3 saturated heterocycles. The number of benzene rings is 3. The van der Waals surface area contributed by atoms with Gasteiger partial charge in [-0.25, -0.2) is 0 Å². The minimum Gasteiger partial charge on any atom is -0.491 e. The molecule has 3 fully saturated rings. The second-order valence-corrected chi connectivity index (χ2v) is 9.44. The Labute approximate surface area is 205 Å². The van der Waals surface area contributed by atoms with Gasteiger partial charge in [-0.15, -0.1) is 0 Å². The molecule has 2 unspecified atom stereocenters. The number of rotatable bonds is 11. The monoisotopic (exact) mass is 474 g/mol. The fourth-order valence-corrected chi connectivity index (χ4v) is 4.30. The van der Waals surface area contributed by atoms with Gasteiger partial charge >= 0.3 is 0 Å². The molecule has 3 aromatic carbocycles. The fraction of sp³-hybridized carbons (Fsp3) is 0.379. The molecule has 3 heterocycles. The minimum absolute atomic E-state index is 0.130. The molecule has 6 rings (SSSR count). The molecule has 0 N–H and O–H groups in total. The third-order valence-electron chi connectivity index (χ3n) is 6.90. The third kappa shape index (κ3) is 5.15. The van der Waals surface area contributed by atoms with E-state index in [2.05, 4.69) is 43.3 Å². The summed E-state index contributed by atoms with van der Waals surface area (Å²) in [5.74, 6) is 2.52. The van der Waals surface area contributed by atoms with Gasteiger partial charge < -0.3 is 28.4 Å². The summed E-state index contributed by atoms with van der Waals surface area (Å²) in [6.07, 6.45) is 1.27. The molecule has 0 spiro atoms. The van der Waals surface area contributed by atoms with Gasteiger partial charge in [-0.1, -0.05) is 36.4 Å². The smallest absolute Gasteiger partial charge is 0.202 e. The van der Waals surface area contributed by atoms with Crippen molar-refractivity contribution in [1.29, 1.82) is 0 Å². The van der Waals surface area contributed by atoms with Crippen LogP contribution >= 0.6 is 0 Å². The molecule has 6 nitrogen and oxygen atoms in total. The maximum atomic E-state index is 5.89. The van der Waals surface area contributed by atoms with Gasteiger partial charge in [0.25, 0.3) is 0 Å². The second kappa shape index (κ2) is 9.53. The van der Waals surface area contributed by atoms with Crippen LogP contribution in [-0.4, -0.2) is 51.5 Å². The van der Waals surface area contributed by atoms with Crippen molar-refractivity contribution in [1.82, 2.24) is 0 Å². The Hall–Kier alpha value is -3.06. The first kappa shape index (κ1) is 22.4. The first-order valence-electron chi connectivity index (χ1n) is 12.3. The van der Waals surface area contributed by atoms with Gasteiger partial charge in [0.05, 0.1) is 19.8 Å². The van der Waals surface area contributed by atoms with E-state index in [0.29, 0.717) is 13.2 Å². The molecule has 0 radical (unpaired) electrons. The Morgan fingerprint density at radius 2 is 1.06 bits per heavy atom. The molecule has 3 aliphatic rings. The van der Waals surface area contributed by atoms with Crippen LogP contribution in [-0.2, 0) is 19.6 Å². The van der Waals surface area contributed by atoms with Crippen molar-refractivity contribution in [3.8, 4) is 17.2 Å². The highest BCUT2D eigenvalue weighted by Gasteiger charge is 2.32. The van der Waals surface area contributed by atoms with Crippen LogP contribution in [0.3, 0.4) is 0 Å². The predicted octanol–water partition coefficient (Wildman–Crippen LogP) is 4.72. The Morgan fingerprint density at radius 3 is 1.40 bits per heavy atom. The molecule has 182 valence electrons. The van der Waals surface area contributed by atoms with E-state index < -0.39 is 0 Å². The Morgan fingerprint density at radius 1 is 0.657 bits per heavy atom. The van der Waals surface area contributed by atoms with Crippen LogP contribution in [0, 0.1) is 0 Å². The molecule has 0 saturated carbocycles. The highest BCUT2D eigenvalue weighted by Crippen LogP contribution is 2.40. The van der Waals surface area contributed by atoms with Crippen molar-refractivity contribution < 1.29 is 28.4 Å². The summed E-state index contributed by atoms with van der Waals surface area (Å²) in [5, 5.41) is 0. The molecule has 6 heteroatoms. The average molecular weight is 475 g/mol. The molecule has 0 bridgehead atoms. The van der Waals surface area contributed by atoms with Gasteiger partial charge in [-0.2, -0.15) is 0 Å². The number of hydrogen-bond donors (Lipinski definition) is 0. The average Bonchev–Trinajstić information content (AvgIpc) is 3.80. The standard InChI is InChI=1S/C29H30O6/c1-29(20-2-8-23(9-3-20)31-16-26-18-33-26,21-4-10-24(11-5-21)32-17-27-19-34-27)22-6-12-25(13-7-22)35-28-14-15-30-28/h2-13,26-28H,14-19H2,1H3/t26?,27?,28-,29?/m1/s1. The van der Waals surface area contributed by atoms with Crippen molar-refractivity contribution >= 4 is 0 Å². The largest absolute Gasteiger partial charge is 0.491 e. The lowest BCUT2D eigenvalue weighted by atomic mass is 9.71. The highest BCUT2D eigenvalue weighted by atomic mass is 16.7. The molecule has 0 amide bonds. The second-order valence-electron chi connectivity index (χ2n) is 9.44. The Bertz CT molecular complexity index is 1050. The van der Waals surface area contributed by atoms with E-state index in [9.17, 15) is 0 Å². The van der Waals surface area contributed by atoms with Crippen LogP contribution in [0.1, 0.15) is 30.0 Å². The van der Waals surface area contributed by atoms with E-state index in [1.807, 2.05) is 36.4 Å². The van der Waals surface area contributed by atoms with Crippen molar-refractivity contribution in [3.05, 3.63) is 89.5 Å². The summed E-state index contributed by atoms with van der Waals surface area (Å²) in [6.45, 7) is 5.78. The lowest BCUT2D eigenvalue weighted by molar-refractivity contribution is -0.165. The van der Waals surface area contributed by atoms with Crippen LogP contribution in [0.5, 0.6) is 17.2 Å². The Balaban J connectivity index is 1.28. The van der Waals surface area contributed by atoms with E-state index in [-0.39, 0.29) is 23.9 Å². The van der Waals surface area contributed by atoms with E-state index >= 15 is 0 Å². The summed E-state index contributed by atoms with van der Waals surface area (Å²) >= 11 is 0. The van der Waals surface area contributed by atoms with E-state index in [0.717, 1.165) is 43.5 Å². The van der Waals surface area contributed by atoms with Gasteiger partial charge in [0.1, 0.15) is 42.7 Å². The molecule has 3 aromatic rings. The number of hydrogen-bond acceptors (Lipinski definition) is 6.